The van der Waals surface area contributed by atoms with Crippen LogP contribution >= 0.6 is 0 Å². The number of morpholine rings is 1. The topological polar surface area (TPSA) is 98.6 Å². The Kier molecular flexibility index (Phi) is 7.69. The summed E-state index contributed by atoms with van der Waals surface area (Å²) in [6, 6.07) is 4.80. The van der Waals surface area contributed by atoms with Gasteiger partial charge in [-0.15, -0.1) is 0 Å². The van der Waals surface area contributed by atoms with Gasteiger partial charge in [0.2, 0.25) is 15.9 Å². The number of amides is 1. The van der Waals surface area contributed by atoms with Crippen molar-refractivity contribution in [1.29, 1.82) is 0 Å². The molecule has 1 saturated heterocycles. The number of quaternary nitrogens is 1. The number of sulfonamides is 1. The Labute approximate surface area is 160 Å². The van der Waals surface area contributed by atoms with Gasteiger partial charge in [-0.3, -0.25) is 9.10 Å². The van der Waals surface area contributed by atoms with Crippen LogP contribution in [-0.2, 0) is 19.6 Å². The number of carbonyl (C=O) groups is 1. The van der Waals surface area contributed by atoms with E-state index in [9.17, 15) is 13.2 Å². The second-order valence-electron chi connectivity index (χ2n) is 6.27. The van der Waals surface area contributed by atoms with E-state index >= 15 is 0 Å². The predicted molar refractivity (Wildman–Crippen MR) is 101 cm³/mol. The van der Waals surface area contributed by atoms with Crippen LogP contribution in [0.2, 0.25) is 0 Å². The van der Waals surface area contributed by atoms with Gasteiger partial charge in [-0.2, -0.15) is 0 Å². The standard InChI is InChI=1S/C17H27N3O6S/c1-24-14-4-5-16(25-2)15(12-14)20(27(3,22)23)13-17(21)18-6-7-19-8-10-26-11-9-19/h4-5,12H,6-11,13H2,1-3H3,(H,18,21)/p+1. The Hall–Kier alpha value is -2.04. The number of methoxy groups -OCH3 is 2. The SMILES string of the molecule is COc1ccc(OC)c(N(CC(=O)NCC[NH+]2CCOCC2)S(C)(=O)=O)c1. The molecule has 10 heteroatoms. The molecule has 0 bridgehead atoms. The van der Waals surface area contributed by atoms with Crippen LogP contribution < -0.4 is 24.0 Å². The summed E-state index contributed by atoms with van der Waals surface area (Å²) in [5.74, 6) is 0.431. The third-order valence-electron chi connectivity index (χ3n) is 4.34. The van der Waals surface area contributed by atoms with Crippen molar-refractivity contribution in [2.24, 2.45) is 0 Å². The van der Waals surface area contributed by atoms with Gasteiger partial charge in [0.05, 0.1) is 52.5 Å². The van der Waals surface area contributed by atoms with E-state index in [0.29, 0.717) is 18.0 Å². The zero-order valence-corrected chi connectivity index (χ0v) is 16.8. The van der Waals surface area contributed by atoms with Gasteiger partial charge in [-0.05, 0) is 12.1 Å². The lowest BCUT2D eigenvalue weighted by Crippen LogP contribution is -3.14. The average molecular weight is 402 g/mol. The highest BCUT2D eigenvalue weighted by atomic mass is 32.2. The van der Waals surface area contributed by atoms with Crippen molar-refractivity contribution in [2.45, 2.75) is 0 Å². The van der Waals surface area contributed by atoms with Crippen LogP contribution in [0.1, 0.15) is 0 Å². The molecule has 9 nitrogen and oxygen atoms in total. The fraction of sp³-hybridized carbons (Fsp3) is 0.588. The lowest BCUT2D eigenvalue weighted by Gasteiger charge is -2.25. The van der Waals surface area contributed by atoms with Gasteiger partial charge in [-0.1, -0.05) is 0 Å². The van der Waals surface area contributed by atoms with Crippen LogP contribution in [-0.4, -0.2) is 80.7 Å². The summed E-state index contributed by atoms with van der Waals surface area (Å²) >= 11 is 0. The van der Waals surface area contributed by atoms with Crippen molar-refractivity contribution in [3.8, 4) is 11.5 Å². The number of nitrogens with zero attached hydrogens (tertiary/aromatic N) is 1. The minimum absolute atomic E-state index is 0.258. The van der Waals surface area contributed by atoms with Gasteiger partial charge in [0.1, 0.15) is 31.1 Å². The Morgan fingerprint density at radius 3 is 2.56 bits per heavy atom. The molecule has 1 aromatic carbocycles. The van der Waals surface area contributed by atoms with Crippen LogP contribution in [0.5, 0.6) is 11.5 Å². The normalized spacial score (nSPS) is 15.2. The van der Waals surface area contributed by atoms with E-state index in [1.54, 1.807) is 12.1 Å². The highest BCUT2D eigenvalue weighted by Gasteiger charge is 2.25. The number of ether oxygens (including phenoxy) is 3. The maximum atomic E-state index is 12.3. The third kappa shape index (κ3) is 6.26. The van der Waals surface area contributed by atoms with Crippen molar-refractivity contribution in [2.75, 3.05) is 70.7 Å². The van der Waals surface area contributed by atoms with E-state index in [0.717, 1.165) is 43.4 Å². The van der Waals surface area contributed by atoms with Crippen molar-refractivity contribution in [3.63, 3.8) is 0 Å². The summed E-state index contributed by atoms with van der Waals surface area (Å²) in [7, 11) is -0.776. The molecule has 27 heavy (non-hydrogen) atoms. The maximum absolute atomic E-state index is 12.3. The monoisotopic (exact) mass is 402 g/mol. The van der Waals surface area contributed by atoms with E-state index < -0.39 is 10.0 Å². The average Bonchev–Trinajstić information content (AvgIpc) is 2.65. The first-order chi connectivity index (χ1) is 12.8. The molecule has 2 N–H and O–H groups in total. The minimum atomic E-state index is -3.70. The molecule has 0 saturated carbocycles. The van der Waals surface area contributed by atoms with E-state index in [-0.39, 0.29) is 18.1 Å². The summed E-state index contributed by atoms with van der Waals surface area (Å²) < 4.78 is 41.3. The first-order valence-corrected chi connectivity index (χ1v) is 10.6. The van der Waals surface area contributed by atoms with Crippen LogP contribution in [0.25, 0.3) is 0 Å². The molecule has 0 spiro atoms. The van der Waals surface area contributed by atoms with Crippen LogP contribution in [0.15, 0.2) is 18.2 Å². The zero-order chi connectivity index (χ0) is 19.9. The summed E-state index contributed by atoms with van der Waals surface area (Å²) in [6.07, 6.45) is 1.05. The maximum Gasteiger partial charge on any atom is 0.240 e. The molecule has 0 unspecified atom stereocenters. The molecule has 1 fully saturated rings. The number of carbonyl (C=O) groups excluding carboxylic acids is 1. The smallest absolute Gasteiger partial charge is 0.240 e. The van der Waals surface area contributed by atoms with Crippen LogP contribution in [0, 0.1) is 0 Å². The fourth-order valence-corrected chi connectivity index (χ4v) is 3.70. The van der Waals surface area contributed by atoms with Crippen molar-refractivity contribution in [1.82, 2.24) is 5.32 Å². The van der Waals surface area contributed by atoms with Gasteiger partial charge in [0.15, 0.2) is 0 Å². The van der Waals surface area contributed by atoms with Crippen molar-refractivity contribution >= 4 is 21.6 Å². The number of anilines is 1. The quantitative estimate of drug-likeness (QED) is 0.522. The summed E-state index contributed by atoms with van der Waals surface area (Å²) in [4.78, 5) is 13.7. The highest BCUT2D eigenvalue weighted by molar-refractivity contribution is 7.92. The molecule has 1 aliphatic heterocycles. The summed E-state index contributed by atoms with van der Waals surface area (Å²) in [5, 5.41) is 2.79. The third-order valence-corrected chi connectivity index (χ3v) is 5.47. The second-order valence-corrected chi connectivity index (χ2v) is 8.18. The van der Waals surface area contributed by atoms with Crippen molar-refractivity contribution < 1.29 is 32.3 Å². The predicted octanol–water partition coefficient (Wildman–Crippen LogP) is -1.50. The molecule has 152 valence electrons. The molecule has 1 aliphatic rings. The van der Waals surface area contributed by atoms with Crippen LogP contribution in [0.4, 0.5) is 5.69 Å². The summed E-state index contributed by atoms with van der Waals surface area (Å²) in [6.45, 7) is 4.18. The molecule has 2 rings (SSSR count). The largest absolute Gasteiger partial charge is 0.497 e. The van der Waals surface area contributed by atoms with Gasteiger partial charge >= 0.3 is 0 Å². The zero-order valence-electron chi connectivity index (χ0n) is 16.0. The van der Waals surface area contributed by atoms with Gasteiger partial charge in [0.25, 0.3) is 0 Å². The minimum Gasteiger partial charge on any atom is -0.497 e. The van der Waals surface area contributed by atoms with E-state index in [1.165, 1.54) is 25.2 Å². The highest BCUT2D eigenvalue weighted by Crippen LogP contribution is 2.33. The molecule has 1 aromatic rings. The first kappa shape index (κ1) is 21.3. The lowest BCUT2D eigenvalue weighted by molar-refractivity contribution is -0.906. The number of hydrogen-bond acceptors (Lipinski definition) is 6. The Balaban J connectivity index is 2.05. The molecular formula is C17H28N3O6S+. The number of hydrogen-bond donors (Lipinski definition) is 2. The molecule has 1 heterocycles. The molecule has 0 aromatic heterocycles. The number of benzene rings is 1. The Morgan fingerprint density at radius 2 is 1.96 bits per heavy atom. The Bertz CT molecular complexity index is 734. The Morgan fingerprint density at radius 1 is 1.26 bits per heavy atom. The summed E-state index contributed by atoms with van der Waals surface area (Å²) in [5.41, 5.74) is 0.258. The van der Waals surface area contributed by atoms with Crippen molar-refractivity contribution in [3.05, 3.63) is 18.2 Å². The van der Waals surface area contributed by atoms with E-state index in [2.05, 4.69) is 5.32 Å². The van der Waals surface area contributed by atoms with Gasteiger partial charge in [-0.25, -0.2) is 8.42 Å². The molecule has 0 atom stereocenters. The van der Waals surface area contributed by atoms with Gasteiger partial charge in [0, 0.05) is 6.07 Å². The van der Waals surface area contributed by atoms with E-state index in [1.807, 2.05) is 0 Å². The molecular weight excluding hydrogens is 374 g/mol. The molecule has 0 aliphatic carbocycles. The van der Waals surface area contributed by atoms with Crippen LogP contribution in [0.3, 0.4) is 0 Å². The molecule has 0 radical (unpaired) electrons. The van der Waals surface area contributed by atoms with Gasteiger partial charge < -0.3 is 24.4 Å². The van der Waals surface area contributed by atoms with E-state index in [4.69, 9.17) is 14.2 Å². The number of nitrogens with one attached hydrogen (secondary N) is 2. The molecule has 1 amide bonds. The number of rotatable bonds is 9. The second kappa shape index (κ2) is 9.77. The lowest BCUT2D eigenvalue weighted by atomic mass is 10.2. The first-order valence-electron chi connectivity index (χ1n) is 8.73. The fourth-order valence-electron chi connectivity index (χ4n) is 2.85.